The van der Waals surface area contributed by atoms with Crippen LogP contribution in [0.15, 0.2) is 35.6 Å². The summed E-state index contributed by atoms with van der Waals surface area (Å²) in [5, 5.41) is 5.86. The fourth-order valence-corrected chi connectivity index (χ4v) is 4.36. The first-order valence-electron chi connectivity index (χ1n) is 9.65. The summed E-state index contributed by atoms with van der Waals surface area (Å²) in [6.45, 7) is -1.46. The van der Waals surface area contributed by atoms with E-state index in [-0.39, 0.29) is 38.5 Å². The van der Waals surface area contributed by atoms with Gasteiger partial charge in [0.15, 0.2) is 0 Å². The number of aryl methyl sites for hydroxylation is 1. The van der Waals surface area contributed by atoms with Gasteiger partial charge in [-0.15, -0.1) is 0 Å². The number of sulfonamides is 1. The number of primary sulfonamides is 1. The fourth-order valence-electron chi connectivity index (χ4n) is 3.39. The zero-order valence-electron chi connectivity index (χ0n) is 18.4. The summed E-state index contributed by atoms with van der Waals surface area (Å²) in [6.07, 6.45) is 4.15. The van der Waals surface area contributed by atoms with Crippen LogP contribution in [0.1, 0.15) is 5.69 Å². The summed E-state index contributed by atoms with van der Waals surface area (Å²) >= 11 is 6.50. The number of nitrogens with zero attached hydrogens (tertiary/aromatic N) is 5. The van der Waals surface area contributed by atoms with Gasteiger partial charge in [0, 0.05) is 23.3 Å². The summed E-state index contributed by atoms with van der Waals surface area (Å²) in [5.41, 5.74) is 1.49. The van der Waals surface area contributed by atoms with Crippen LogP contribution in [0.25, 0.3) is 28.1 Å². The van der Waals surface area contributed by atoms with Gasteiger partial charge in [0.1, 0.15) is 4.90 Å². The number of alkyl halides is 2. The highest BCUT2D eigenvalue weighted by molar-refractivity contribution is 7.89. The molecule has 15 heteroatoms. The van der Waals surface area contributed by atoms with E-state index < -0.39 is 22.4 Å². The molecule has 4 rings (SSSR count). The van der Waals surface area contributed by atoms with E-state index >= 15 is 0 Å². The standard InChI is InChI=1S/C20H17ClF2N6O5S/c1-9-6-26-12(7-25-9)14-11(21)5-4-10-13(35(24,30)31)8-29(15(10)14)20-27-17(32-2)16(34-19(22)23)18(28-20)33-3/h4-8,19H,1-3H3,(H2,24,30,31). The first kappa shape index (κ1) is 24.5. The third kappa shape index (κ3) is 4.54. The van der Waals surface area contributed by atoms with E-state index in [9.17, 15) is 17.2 Å². The third-order valence-corrected chi connectivity index (χ3v) is 6.08. The van der Waals surface area contributed by atoms with Crippen molar-refractivity contribution in [3.05, 3.63) is 41.4 Å². The average Bonchev–Trinajstić information content (AvgIpc) is 3.20. The van der Waals surface area contributed by atoms with Gasteiger partial charge in [-0.05, 0) is 19.1 Å². The quantitative estimate of drug-likeness (QED) is 0.384. The maximum absolute atomic E-state index is 12.9. The van der Waals surface area contributed by atoms with E-state index in [1.807, 2.05) is 0 Å². The SMILES string of the molecule is COc1nc(-n2cc(S(N)(=O)=O)c3ccc(Cl)c(-c4cnc(C)cn4)c32)nc(OC)c1OC(F)F. The lowest BCUT2D eigenvalue weighted by atomic mass is 10.1. The van der Waals surface area contributed by atoms with Gasteiger partial charge >= 0.3 is 6.61 Å². The highest BCUT2D eigenvalue weighted by atomic mass is 35.5. The van der Waals surface area contributed by atoms with Crippen molar-refractivity contribution in [2.75, 3.05) is 14.2 Å². The predicted molar refractivity (Wildman–Crippen MR) is 121 cm³/mol. The molecule has 0 saturated carbocycles. The molecule has 35 heavy (non-hydrogen) atoms. The van der Waals surface area contributed by atoms with Crippen molar-refractivity contribution in [2.45, 2.75) is 18.4 Å². The van der Waals surface area contributed by atoms with Crippen molar-refractivity contribution in [1.29, 1.82) is 0 Å². The Kier molecular flexibility index (Phi) is 6.44. The lowest BCUT2D eigenvalue weighted by Crippen LogP contribution is -2.12. The molecule has 0 fully saturated rings. The Hall–Kier alpha value is -3.62. The van der Waals surface area contributed by atoms with Crippen LogP contribution in [-0.2, 0) is 10.0 Å². The Labute approximate surface area is 202 Å². The molecule has 0 atom stereocenters. The molecule has 0 spiro atoms. The molecule has 2 N–H and O–H groups in total. The molecule has 3 heterocycles. The first-order valence-corrected chi connectivity index (χ1v) is 11.6. The molecular formula is C20H17ClF2N6O5S. The average molecular weight is 527 g/mol. The molecule has 3 aromatic heterocycles. The number of methoxy groups -OCH3 is 2. The van der Waals surface area contributed by atoms with Crippen LogP contribution in [0, 0.1) is 6.92 Å². The summed E-state index contributed by atoms with van der Waals surface area (Å²) < 4.78 is 66.6. The van der Waals surface area contributed by atoms with Gasteiger partial charge in [-0.1, -0.05) is 11.6 Å². The highest BCUT2D eigenvalue weighted by Gasteiger charge is 2.27. The van der Waals surface area contributed by atoms with Gasteiger partial charge in [0.05, 0.1) is 42.3 Å². The molecule has 0 saturated heterocycles. The number of aromatic nitrogens is 5. The molecule has 0 radical (unpaired) electrons. The number of hydrogen-bond acceptors (Lipinski definition) is 9. The van der Waals surface area contributed by atoms with Crippen molar-refractivity contribution in [2.24, 2.45) is 5.14 Å². The smallest absolute Gasteiger partial charge is 0.387 e. The minimum absolute atomic E-state index is 0.184. The Morgan fingerprint density at radius 1 is 1.09 bits per heavy atom. The van der Waals surface area contributed by atoms with Crippen molar-refractivity contribution in [3.8, 4) is 34.7 Å². The summed E-state index contributed by atoms with van der Waals surface area (Å²) in [4.78, 5) is 16.6. The maximum atomic E-state index is 12.9. The van der Waals surface area contributed by atoms with E-state index in [4.69, 9.17) is 26.2 Å². The fraction of sp³-hybridized carbons (Fsp3) is 0.200. The largest absolute Gasteiger partial charge is 0.478 e. The van der Waals surface area contributed by atoms with E-state index in [2.05, 4.69) is 24.7 Å². The third-order valence-electron chi connectivity index (χ3n) is 4.82. The van der Waals surface area contributed by atoms with Gasteiger partial charge in [-0.3, -0.25) is 14.5 Å². The van der Waals surface area contributed by atoms with Crippen LogP contribution >= 0.6 is 11.6 Å². The van der Waals surface area contributed by atoms with Crippen molar-refractivity contribution in [3.63, 3.8) is 0 Å². The van der Waals surface area contributed by atoms with Gasteiger partial charge in [0.25, 0.3) is 11.8 Å². The summed E-state index contributed by atoms with van der Waals surface area (Å²) in [6, 6.07) is 2.95. The number of fused-ring (bicyclic) bond motifs is 1. The molecule has 1 aromatic carbocycles. The van der Waals surface area contributed by atoms with Gasteiger partial charge in [-0.2, -0.15) is 18.7 Å². The molecule has 11 nitrogen and oxygen atoms in total. The molecule has 0 amide bonds. The zero-order valence-corrected chi connectivity index (χ0v) is 19.9. The van der Waals surface area contributed by atoms with Crippen LogP contribution in [-0.4, -0.2) is 53.8 Å². The number of ether oxygens (including phenoxy) is 3. The van der Waals surface area contributed by atoms with Crippen LogP contribution in [0.2, 0.25) is 5.02 Å². The maximum Gasteiger partial charge on any atom is 0.387 e. The van der Waals surface area contributed by atoms with E-state index in [0.29, 0.717) is 17.0 Å². The molecular weight excluding hydrogens is 510 g/mol. The van der Waals surface area contributed by atoms with E-state index in [0.717, 1.165) is 0 Å². The molecule has 0 bridgehead atoms. The van der Waals surface area contributed by atoms with E-state index in [1.54, 1.807) is 6.92 Å². The van der Waals surface area contributed by atoms with Crippen LogP contribution in [0.3, 0.4) is 0 Å². The number of hydrogen-bond donors (Lipinski definition) is 1. The highest BCUT2D eigenvalue weighted by Crippen LogP contribution is 2.41. The Bertz CT molecular complexity index is 1500. The summed E-state index contributed by atoms with van der Waals surface area (Å²) in [5.74, 6) is -1.52. The zero-order chi connectivity index (χ0) is 25.5. The molecule has 0 unspecified atom stereocenters. The van der Waals surface area contributed by atoms with Crippen molar-refractivity contribution >= 4 is 32.5 Å². The number of benzene rings is 1. The van der Waals surface area contributed by atoms with Gasteiger partial charge in [-0.25, -0.2) is 13.6 Å². The van der Waals surface area contributed by atoms with Gasteiger partial charge in [0.2, 0.25) is 21.7 Å². The van der Waals surface area contributed by atoms with Crippen molar-refractivity contribution < 1.29 is 31.4 Å². The normalized spacial score (nSPS) is 11.8. The molecule has 4 aromatic rings. The lowest BCUT2D eigenvalue weighted by Gasteiger charge is -2.15. The van der Waals surface area contributed by atoms with E-state index in [1.165, 1.54) is 49.5 Å². The Morgan fingerprint density at radius 2 is 1.74 bits per heavy atom. The Morgan fingerprint density at radius 3 is 2.26 bits per heavy atom. The first-order chi connectivity index (χ1) is 16.5. The molecule has 0 aliphatic heterocycles. The molecule has 0 aliphatic rings. The second-order valence-corrected chi connectivity index (χ2v) is 8.96. The minimum atomic E-state index is -4.23. The second kappa shape index (κ2) is 9.20. The van der Waals surface area contributed by atoms with Crippen LogP contribution in [0.5, 0.6) is 17.5 Å². The predicted octanol–water partition coefficient (Wildman–Crippen LogP) is 3.11. The summed E-state index contributed by atoms with van der Waals surface area (Å²) in [7, 11) is -1.88. The monoisotopic (exact) mass is 526 g/mol. The van der Waals surface area contributed by atoms with Crippen LogP contribution < -0.4 is 19.3 Å². The lowest BCUT2D eigenvalue weighted by molar-refractivity contribution is -0.0534. The Balaban J connectivity index is 2.12. The molecule has 184 valence electrons. The molecule has 0 aliphatic carbocycles. The minimum Gasteiger partial charge on any atom is -0.478 e. The number of rotatable bonds is 7. The second-order valence-electron chi connectivity index (χ2n) is 7.02. The topological polar surface area (TPSA) is 144 Å². The number of nitrogens with two attached hydrogens (primary N) is 1. The van der Waals surface area contributed by atoms with Crippen LogP contribution in [0.4, 0.5) is 8.78 Å². The van der Waals surface area contributed by atoms with Crippen molar-refractivity contribution in [1.82, 2.24) is 24.5 Å². The number of halogens is 3. The van der Waals surface area contributed by atoms with Gasteiger partial charge < -0.3 is 14.2 Å².